The molecule has 1 aliphatic rings. The van der Waals surface area contributed by atoms with E-state index < -0.39 is 28.4 Å². The zero-order valence-electron chi connectivity index (χ0n) is 23.3. The van der Waals surface area contributed by atoms with E-state index in [0.29, 0.717) is 22.0 Å². The normalized spacial score (nSPS) is 12.8. The summed E-state index contributed by atoms with van der Waals surface area (Å²) in [6, 6.07) is 9.64. The average Bonchev–Trinajstić information content (AvgIpc) is 3.28. The molecule has 1 N–H and O–H groups in total. The minimum absolute atomic E-state index is 0.0593. The van der Waals surface area contributed by atoms with Crippen LogP contribution in [-0.4, -0.2) is 47.7 Å². The molecule has 214 valence electrons. The molecule has 0 saturated carbocycles. The number of amides is 1. The molecule has 1 aliphatic carbocycles. The van der Waals surface area contributed by atoms with E-state index in [1.54, 1.807) is 19.1 Å². The molecular weight excluding hydrogens is 552 g/mol. The van der Waals surface area contributed by atoms with Crippen molar-refractivity contribution in [3.63, 3.8) is 0 Å². The van der Waals surface area contributed by atoms with Gasteiger partial charge in [0.1, 0.15) is 11.5 Å². The van der Waals surface area contributed by atoms with Crippen LogP contribution in [0.3, 0.4) is 0 Å². The van der Waals surface area contributed by atoms with Gasteiger partial charge in [-0.15, -0.1) is 11.3 Å². The Kier molecular flexibility index (Phi) is 9.05. The molecule has 9 nitrogen and oxygen atoms in total. The quantitative estimate of drug-likeness (QED) is 0.322. The number of methoxy groups -OCH3 is 2. The van der Waals surface area contributed by atoms with E-state index in [1.807, 2.05) is 19.9 Å². The van der Waals surface area contributed by atoms with Crippen LogP contribution in [0.1, 0.15) is 51.7 Å². The monoisotopic (exact) mass is 586 g/mol. The number of nitrogens with zero attached hydrogens (tertiary/aromatic N) is 1. The number of rotatable bonds is 10. The third-order valence-electron chi connectivity index (χ3n) is 6.63. The fourth-order valence-corrected chi connectivity index (χ4v) is 7.60. The number of sulfonamides is 1. The van der Waals surface area contributed by atoms with E-state index >= 15 is 0 Å². The topological polar surface area (TPSA) is 111 Å². The van der Waals surface area contributed by atoms with Crippen molar-refractivity contribution in [1.82, 2.24) is 0 Å². The van der Waals surface area contributed by atoms with Crippen molar-refractivity contribution >= 4 is 43.9 Å². The Balaban J connectivity index is 1.73. The summed E-state index contributed by atoms with van der Waals surface area (Å²) in [4.78, 5) is 27.4. The minimum Gasteiger partial charge on any atom is -0.493 e. The Morgan fingerprint density at radius 1 is 0.975 bits per heavy atom. The van der Waals surface area contributed by atoms with Crippen LogP contribution in [-0.2, 0) is 32.4 Å². The number of nitrogens with one attached hydrogen (secondary N) is 1. The molecule has 3 aromatic rings. The number of hydrogen-bond donors (Lipinski definition) is 1. The molecule has 11 heteroatoms. The lowest BCUT2D eigenvalue weighted by molar-refractivity contribution is -0.114. The van der Waals surface area contributed by atoms with E-state index in [4.69, 9.17) is 14.2 Å². The van der Waals surface area contributed by atoms with Gasteiger partial charge in [0.2, 0.25) is 5.91 Å². The molecule has 0 fully saturated rings. The van der Waals surface area contributed by atoms with Gasteiger partial charge in [-0.25, -0.2) is 13.2 Å². The second-order valence-electron chi connectivity index (χ2n) is 9.56. The van der Waals surface area contributed by atoms with Gasteiger partial charge in [-0.1, -0.05) is 6.07 Å². The summed E-state index contributed by atoms with van der Waals surface area (Å²) in [6.07, 6.45) is 3.52. The molecule has 0 aliphatic heterocycles. The molecule has 0 bridgehead atoms. The number of anilines is 2. The lowest BCUT2D eigenvalue weighted by Gasteiger charge is -2.25. The minimum atomic E-state index is -4.22. The van der Waals surface area contributed by atoms with Gasteiger partial charge in [0.05, 0.1) is 37.0 Å². The first-order valence-electron chi connectivity index (χ1n) is 13.0. The zero-order chi connectivity index (χ0) is 29.0. The van der Waals surface area contributed by atoms with E-state index in [9.17, 15) is 18.0 Å². The van der Waals surface area contributed by atoms with Gasteiger partial charge in [0, 0.05) is 10.9 Å². The van der Waals surface area contributed by atoms with Gasteiger partial charge in [-0.2, -0.15) is 0 Å². The number of carbonyl (C=O) groups is 2. The van der Waals surface area contributed by atoms with Crippen LogP contribution in [0.15, 0.2) is 41.3 Å². The molecule has 1 aromatic heterocycles. The van der Waals surface area contributed by atoms with Crippen molar-refractivity contribution in [3.8, 4) is 11.5 Å². The number of hydrogen-bond acceptors (Lipinski definition) is 8. The fourth-order valence-electron chi connectivity index (χ4n) is 4.88. The molecule has 0 spiro atoms. The highest BCUT2D eigenvalue weighted by atomic mass is 32.2. The second-order valence-corrected chi connectivity index (χ2v) is 12.5. The maximum Gasteiger partial charge on any atom is 0.341 e. The molecule has 2 aromatic carbocycles. The number of benzene rings is 2. The molecule has 40 heavy (non-hydrogen) atoms. The molecular formula is C29H34N2O7S2. The Bertz CT molecular complexity index is 1510. The van der Waals surface area contributed by atoms with Crippen molar-refractivity contribution in [1.29, 1.82) is 0 Å². The highest BCUT2D eigenvalue weighted by molar-refractivity contribution is 7.92. The van der Waals surface area contributed by atoms with Crippen LogP contribution in [0.5, 0.6) is 11.5 Å². The van der Waals surface area contributed by atoms with Gasteiger partial charge < -0.3 is 19.5 Å². The first-order valence-corrected chi connectivity index (χ1v) is 15.3. The summed E-state index contributed by atoms with van der Waals surface area (Å²) in [7, 11) is -1.34. The van der Waals surface area contributed by atoms with Gasteiger partial charge in [0.15, 0.2) is 11.5 Å². The number of thiophene rings is 1. The number of esters is 1. The Labute approximate surface area is 239 Å². The van der Waals surface area contributed by atoms with Gasteiger partial charge >= 0.3 is 5.97 Å². The SMILES string of the molecule is CCOC(=O)c1c(NC(=O)CN(c2cc(C)cc(C)c2)S(=O)(=O)c2ccc(OC)c(OC)c2)sc2c1CCCC2. The van der Waals surface area contributed by atoms with Crippen molar-refractivity contribution in [2.24, 2.45) is 0 Å². The van der Waals surface area contributed by atoms with E-state index in [0.717, 1.165) is 51.6 Å². The highest BCUT2D eigenvalue weighted by Gasteiger charge is 2.31. The molecule has 0 radical (unpaired) electrons. The predicted molar refractivity (Wildman–Crippen MR) is 156 cm³/mol. The Morgan fingerprint density at radius 2 is 1.65 bits per heavy atom. The largest absolute Gasteiger partial charge is 0.493 e. The molecule has 1 heterocycles. The zero-order valence-corrected chi connectivity index (χ0v) is 25.0. The van der Waals surface area contributed by atoms with Crippen LogP contribution >= 0.6 is 11.3 Å². The molecule has 4 rings (SSSR count). The van der Waals surface area contributed by atoms with Crippen molar-refractivity contribution in [2.45, 2.75) is 51.3 Å². The average molecular weight is 587 g/mol. The summed E-state index contributed by atoms with van der Waals surface area (Å²) in [5, 5.41) is 3.22. The van der Waals surface area contributed by atoms with Gasteiger partial charge in [-0.05, 0) is 87.4 Å². The van der Waals surface area contributed by atoms with Crippen LogP contribution in [0.4, 0.5) is 10.7 Å². The third-order valence-corrected chi connectivity index (χ3v) is 9.61. The number of ether oxygens (including phenoxy) is 3. The van der Waals surface area contributed by atoms with Crippen molar-refractivity contribution < 1.29 is 32.2 Å². The van der Waals surface area contributed by atoms with E-state index in [-0.39, 0.29) is 17.3 Å². The van der Waals surface area contributed by atoms with Crippen LogP contribution < -0.4 is 19.1 Å². The number of aryl methyl sites for hydroxylation is 3. The smallest absolute Gasteiger partial charge is 0.341 e. The van der Waals surface area contributed by atoms with Crippen LogP contribution in [0.25, 0.3) is 0 Å². The van der Waals surface area contributed by atoms with Crippen molar-refractivity contribution in [2.75, 3.05) is 37.0 Å². The molecule has 1 amide bonds. The van der Waals surface area contributed by atoms with E-state index in [1.165, 1.54) is 43.8 Å². The first-order chi connectivity index (χ1) is 19.1. The first kappa shape index (κ1) is 29.4. The molecule has 0 saturated heterocycles. The van der Waals surface area contributed by atoms with Crippen LogP contribution in [0, 0.1) is 13.8 Å². The fraction of sp³-hybridized carbons (Fsp3) is 0.379. The molecule has 0 unspecified atom stereocenters. The maximum atomic E-state index is 14.0. The van der Waals surface area contributed by atoms with E-state index in [2.05, 4.69) is 5.32 Å². The van der Waals surface area contributed by atoms with Gasteiger partial charge in [-0.3, -0.25) is 9.10 Å². The summed E-state index contributed by atoms with van der Waals surface area (Å²) >= 11 is 1.35. The Morgan fingerprint density at radius 3 is 2.30 bits per heavy atom. The van der Waals surface area contributed by atoms with Crippen LogP contribution in [0.2, 0.25) is 0 Å². The lowest BCUT2D eigenvalue weighted by atomic mass is 9.95. The molecule has 0 atom stereocenters. The Hall–Kier alpha value is -3.57. The number of fused-ring (bicyclic) bond motifs is 1. The summed E-state index contributed by atoms with van der Waals surface area (Å²) < 4.78 is 45.0. The standard InChI is InChI=1S/C29H34N2O7S2/c1-6-38-29(33)27-22-9-7-8-10-25(22)39-28(27)30-26(32)17-31(20-14-18(2)13-19(3)15-20)40(34,35)21-11-12-23(36-4)24(16-21)37-5/h11-16H,6-10,17H2,1-5H3,(H,30,32). The van der Waals surface area contributed by atoms with Crippen molar-refractivity contribution in [3.05, 3.63) is 63.5 Å². The highest BCUT2D eigenvalue weighted by Crippen LogP contribution is 2.39. The summed E-state index contributed by atoms with van der Waals surface area (Å²) in [5.41, 5.74) is 3.32. The maximum absolute atomic E-state index is 14.0. The summed E-state index contributed by atoms with van der Waals surface area (Å²) in [5.74, 6) is -0.435. The summed E-state index contributed by atoms with van der Waals surface area (Å²) in [6.45, 7) is 5.15. The third kappa shape index (κ3) is 6.10. The lowest BCUT2D eigenvalue weighted by Crippen LogP contribution is -2.38. The predicted octanol–water partition coefficient (Wildman–Crippen LogP) is 5.27. The number of carbonyl (C=O) groups excluding carboxylic acids is 2. The van der Waals surface area contributed by atoms with Gasteiger partial charge in [0.25, 0.3) is 10.0 Å². The second kappa shape index (κ2) is 12.3.